The highest BCUT2D eigenvalue weighted by Crippen LogP contribution is 2.24. The van der Waals surface area contributed by atoms with Gasteiger partial charge in [-0.3, -0.25) is 0 Å². The predicted octanol–water partition coefficient (Wildman–Crippen LogP) is 3.69. The smallest absolute Gasteiger partial charge is 0.373 e. The Hall–Kier alpha value is -2.30. The van der Waals surface area contributed by atoms with Crippen molar-refractivity contribution in [2.45, 2.75) is 19.9 Å². The van der Waals surface area contributed by atoms with Crippen LogP contribution in [0.25, 0.3) is 0 Å². The minimum absolute atomic E-state index is 0.145. The fourth-order valence-electron chi connectivity index (χ4n) is 1.85. The summed E-state index contributed by atoms with van der Waals surface area (Å²) in [6.45, 7) is 3.75. The Morgan fingerprint density at radius 3 is 2.80 bits per heavy atom. The van der Waals surface area contributed by atoms with Crippen LogP contribution < -0.4 is 5.32 Å². The molecule has 1 N–H and O–H groups in total. The Morgan fingerprint density at radius 1 is 1.35 bits per heavy atom. The zero-order valence-electron chi connectivity index (χ0n) is 11.6. The number of anilines is 1. The van der Waals surface area contributed by atoms with Gasteiger partial charge in [0.2, 0.25) is 5.76 Å². The van der Waals surface area contributed by atoms with E-state index in [0.29, 0.717) is 11.4 Å². The fraction of sp³-hybridized carbons (Fsp3) is 0.267. The SMILES string of the molecule is COC(=O)c1ccc(C(C)Nc2cc(F)ccc2C)o1. The molecule has 106 valence electrons. The van der Waals surface area contributed by atoms with Crippen molar-refractivity contribution in [3.05, 3.63) is 53.2 Å². The number of nitrogens with one attached hydrogen (secondary N) is 1. The number of carbonyl (C=O) groups is 1. The average Bonchev–Trinajstić information content (AvgIpc) is 2.91. The summed E-state index contributed by atoms with van der Waals surface area (Å²) in [6, 6.07) is 7.58. The molecule has 0 amide bonds. The summed E-state index contributed by atoms with van der Waals surface area (Å²) in [6.07, 6.45) is 0. The molecule has 0 saturated carbocycles. The molecule has 0 bridgehead atoms. The summed E-state index contributed by atoms with van der Waals surface area (Å²) >= 11 is 0. The third-order valence-electron chi connectivity index (χ3n) is 3.01. The molecule has 1 atom stereocenters. The summed E-state index contributed by atoms with van der Waals surface area (Å²) < 4.78 is 23.2. The topological polar surface area (TPSA) is 51.5 Å². The van der Waals surface area contributed by atoms with Crippen molar-refractivity contribution in [3.63, 3.8) is 0 Å². The fourth-order valence-corrected chi connectivity index (χ4v) is 1.85. The van der Waals surface area contributed by atoms with E-state index in [2.05, 4.69) is 10.1 Å². The minimum Gasteiger partial charge on any atom is -0.463 e. The molecule has 0 aliphatic heterocycles. The number of methoxy groups -OCH3 is 1. The van der Waals surface area contributed by atoms with Crippen molar-refractivity contribution in [2.75, 3.05) is 12.4 Å². The lowest BCUT2D eigenvalue weighted by molar-refractivity contribution is 0.0562. The number of aryl methyl sites for hydroxylation is 1. The van der Waals surface area contributed by atoms with Gasteiger partial charge < -0.3 is 14.5 Å². The average molecular weight is 277 g/mol. The summed E-state index contributed by atoms with van der Waals surface area (Å²) in [5.41, 5.74) is 1.62. The number of hydrogen-bond acceptors (Lipinski definition) is 4. The van der Waals surface area contributed by atoms with Crippen LogP contribution in [0, 0.1) is 12.7 Å². The van der Waals surface area contributed by atoms with Gasteiger partial charge in [-0.05, 0) is 43.7 Å². The third kappa shape index (κ3) is 2.99. The van der Waals surface area contributed by atoms with Crippen LogP contribution >= 0.6 is 0 Å². The summed E-state index contributed by atoms with van der Waals surface area (Å²) in [5.74, 6) is -0.105. The number of esters is 1. The summed E-state index contributed by atoms with van der Waals surface area (Å²) in [7, 11) is 1.29. The Labute approximate surface area is 116 Å². The van der Waals surface area contributed by atoms with Crippen LogP contribution in [0.15, 0.2) is 34.7 Å². The van der Waals surface area contributed by atoms with Gasteiger partial charge in [-0.2, -0.15) is 0 Å². The number of halogens is 1. The molecule has 5 heteroatoms. The van der Waals surface area contributed by atoms with E-state index >= 15 is 0 Å². The van der Waals surface area contributed by atoms with Crippen LogP contribution in [0.3, 0.4) is 0 Å². The lowest BCUT2D eigenvalue weighted by Crippen LogP contribution is -2.07. The van der Waals surface area contributed by atoms with Gasteiger partial charge in [0.05, 0.1) is 13.2 Å². The molecule has 0 aliphatic rings. The quantitative estimate of drug-likeness (QED) is 0.866. The predicted molar refractivity (Wildman–Crippen MR) is 73.2 cm³/mol. The number of ether oxygens (including phenoxy) is 1. The first-order valence-corrected chi connectivity index (χ1v) is 6.22. The van der Waals surface area contributed by atoms with Gasteiger partial charge in [0, 0.05) is 5.69 Å². The van der Waals surface area contributed by atoms with Crippen molar-refractivity contribution in [2.24, 2.45) is 0 Å². The van der Waals surface area contributed by atoms with Gasteiger partial charge in [0.15, 0.2) is 0 Å². The Morgan fingerprint density at radius 2 is 2.10 bits per heavy atom. The Balaban J connectivity index is 2.15. The minimum atomic E-state index is -0.523. The van der Waals surface area contributed by atoms with Crippen LogP contribution in [0.1, 0.15) is 34.8 Å². The van der Waals surface area contributed by atoms with Crippen molar-refractivity contribution in [1.82, 2.24) is 0 Å². The Bertz CT molecular complexity index is 621. The molecule has 1 heterocycles. The molecule has 4 nitrogen and oxygen atoms in total. The van der Waals surface area contributed by atoms with Crippen molar-refractivity contribution < 1.29 is 18.3 Å². The Kier molecular flexibility index (Phi) is 4.08. The largest absolute Gasteiger partial charge is 0.463 e. The molecule has 1 unspecified atom stereocenters. The van der Waals surface area contributed by atoms with Gasteiger partial charge in [0.25, 0.3) is 0 Å². The molecule has 2 rings (SSSR count). The lowest BCUT2D eigenvalue weighted by atomic mass is 10.1. The highest BCUT2D eigenvalue weighted by molar-refractivity contribution is 5.86. The first-order chi connectivity index (χ1) is 9.51. The molecular weight excluding hydrogens is 261 g/mol. The van der Waals surface area contributed by atoms with Crippen molar-refractivity contribution >= 4 is 11.7 Å². The van der Waals surface area contributed by atoms with E-state index < -0.39 is 5.97 Å². The van der Waals surface area contributed by atoms with Crippen LogP contribution in [-0.4, -0.2) is 13.1 Å². The molecule has 1 aromatic carbocycles. The molecule has 2 aromatic rings. The van der Waals surface area contributed by atoms with E-state index in [1.807, 2.05) is 13.8 Å². The summed E-state index contributed by atoms with van der Waals surface area (Å²) in [5, 5.41) is 3.15. The van der Waals surface area contributed by atoms with Gasteiger partial charge in [-0.1, -0.05) is 6.07 Å². The van der Waals surface area contributed by atoms with E-state index in [1.165, 1.54) is 19.2 Å². The maximum Gasteiger partial charge on any atom is 0.373 e. The van der Waals surface area contributed by atoms with Gasteiger partial charge in [-0.15, -0.1) is 0 Å². The monoisotopic (exact) mass is 277 g/mol. The van der Waals surface area contributed by atoms with Crippen LogP contribution in [0.5, 0.6) is 0 Å². The summed E-state index contributed by atoms with van der Waals surface area (Å²) in [4.78, 5) is 11.3. The third-order valence-corrected chi connectivity index (χ3v) is 3.01. The number of furan rings is 1. The second-order valence-electron chi connectivity index (χ2n) is 4.52. The highest BCUT2D eigenvalue weighted by Gasteiger charge is 2.15. The van der Waals surface area contributed by atoms with Crippen molar-refractivity contribution in [1.29, 1.82) is 0 Å². The molecule has 0 aliphatic carbocycles. The van der Waals surface area contributed by atoms with Gasteiger partial charge >= 0.3 is 5.97 Å². The van der Waals surface area contributed by atoms with Gasteiger partial charge in [0.1, 0.15) is 11.6 Å². The van der Waals surface area contributed by atoms with Crippen molar-refractivity contribution in [3.8, 4) is 0 Å². The second-order valence-corrected chi connectivity index (χ2v) is 4.52. The van der Waals surface area contributed by atoms with E-state index in [9.17, 15) is 9.18 Å². The zero-order valence-corrected chi connectivity index (χ0v) is 11.6. The zero-order chi connectivity index (χ0) is 14.7. The number of hydrogen-bond donors (Lipinski definition) is 1. The standard InChI is InChI=1S/C15H16FNO3/c1-9-4-5-11(16)8-12(9)17-10(2)13-6-7-14(20-13)15(18)19-3/h4-8,10,17H,1-3H3. The molecular formula is C15H16FNO3. The molecule has 0 saturated heterocycles. The number of carbonyl (C=O) groups excluding carboxylic acids is 1. The maximum atomic E-state index is 13.2. The van der Waals surface area contributed by atoms with Crippen LogP contribution in [0.2, 0.25) is 0 Å². The molecule has 0 fully saturated rings. The molecule has 0 spiro atoms. The number of rotatable bonds is 4. The highest BCUT2D eigenvalue weighted by atomic mass is 19.1. The molecule has 1 aromatic heterocycles. The van der Waals surface area contributed by atoms with E-state index in [-0.39, 0.29) is 17.6 Å². The first kappa shape index (κ1) is 14.1. The van der Waals surface area contributed by atoms with E-state index in [4.69, 9.17) is 4.42 Å². The van der Waals surface area contributed by atoms with E-state index in [0.717, 1.165) is 5.56 Å². The molecule has 20 heavy (non-hydrogen) atoms. The normalized spacial score (nSPS) is 12.0. The van der Waals surface area contributed by atoms with Crippen LogP contribution in [-0.2, 0) is 4.74 Å². The van der Waals surface area contributed by atoms with Gasteiger partial charge in [-0.25, -0.2) is 9.18 Å². The number of benzene rings is 1. The molecule has 0 radical (unpaired) electrons. The van der Waals surface area contributed by atoms with E-state index in [1.54, 1.807) is 18.2 Å². The first-order valence-electron chi connectivity index (χ1n) is 6.22. The lowest BCUT2D eigenvalue weighted by Gasteiger charge is -2.15. The second kappa shape index (κ2) is 5.77. The maximum absolute atomic E-state index is 13.2. The van der Waals surface area contributed by atoms with Crippen LogP contribution in [0.4, 0.5) is 10.1 Å².